The van der Waals surface area contributed by atoms with E-state index in [4.69, 9.17) is 0 Å². The van der Waals surface area contributed by atoms with Gasteiger partial charge in [0.15, 0.2) is 0 Å². The summed E-state index contributed by atoms with van der Waals surface area (Å²) in [5.41, 5.74) is 0.932. The molecule has 106 valence electrons. The summed E-state index contributed by atoms with van der Waals surface area (Å²) in [6.45, 7) is 7.66. The van der Waals surface area contributed by atoms with E-state index in [0.29, 0.717) is 5.69 Å². The van der Waals surface area contributed by atoms with Gasteiger partial charge in [0.25, 0.3) is 5.91 Å². The summed E-state index contributed by atoms with van der Waals surface area (Å²) in [5, 5.41) is 12.0. The summed E-state index contributed by atoms with van der Waals surface area (Å²) in [6.07, 6.45) is 1.84. The number of carbonyl (C=O) groups is 2. The van der Waals surface area contributed by atoms with E-state index in [0.717, 1.165) is 18.5 Å². The van der Waals surface area contributed by atoms with E-state index in [1.165, 1.54) is 0 Å². The van der Waals surface area contributed by atoms with Crippen molar-refractivity contribution in [1.29, 1.82) is 0 Å². The predicted octanol–water partition coefficient (Wildman–Crippen LogP) is 1.01. The SMILES string of the molecule is CCCc1cc(C(=O)NCC(=O)NC(C)(C)C)n[nH]1. The molecule has 0 fully saturated rings. The van der Waals surface area contributed by atoms with Gasteiger partial charge in [0.1, 0.15) is 5.69 Å². The van der Waals surface area contributed by atoms with E-state index >= 15 is 0 Å². The maximum absolute atomic E-state index is 11.8. The minimum absolute atomic E-state index is 0.0495. The molecule has 1 rings (SSSR count). The lowest BCUT2D eigenvalue weighted by molar-refractivity contribution is -0.121. The van der Waals surface area contributed by atoms with Crippen LogP contribution in [0.4, 0.5) is 0 Å². The van der Waals surface area contributed by atoms with Crippen molar-refractivity contribution >= 4 is 11.8 Å². The van der Waals surface area contributed by atoms with Crippen LogP contribution in [-0.4, -0.2) is 34.1 Å². The zero-order valence-electron chi connectivity index (χ0n) is 12.0. The van der Waals surface area contributed by atoms with Crippen LogP contribution in [0.2, 0.25) is 0 Å². The molecule has 0 aromatic carbocycles. The summed E-state index contributed by atoms with van der Waals surface area (Å²) in [5.74, 6) is -0.562. The Labute approximate surface area is 113 Å². The molecule has 0 aliphatic heterocycles. The fourth-order valence-corrected chi connectivity index (χ4v) is 1.59. The van der Waals surface area contributed by atoms with Gasteiger partial charge in [-0.25, -0.2) is 0 Å². The maximum atomic E-state index is 11.8. The van der Waals surface area contributed by atoms with Gasteiger partial charge in [-0.1, -0.05) is 13.3 Å². The normalized spacial score (nSPS) is 11.2. The van der Waals surface area contributed by atoms with Crippen molar-refractivity contribution in [2.75, 3.05) is 6.54 Å². The van der Waals surface area contributed by atoms with Crippen LogP contribution in [0.15, 0.2) is 6.07 Å². The van der Waals surface area contributed by atoms with Crippen molar-refractivity contribution in [2.24, 2.45) is 0 Å². The lowest BCUT2D eigenvalue weighted by atomic mass is 10.1. The molecule has 1 aromatic heterocycles. The minimum atomic E-state index is -0.345. The molecule has 0 spiro atoms. The average Bonchev–Trinajstić information content (AvgIpc) is 2.73. The zero-order chi connectivity index (χ0) is 14.5. The Morgan fingerprint density at radius 3 is 2.63 bits per heavy atom. The lowest BCUT2D eigenvalue weighted by Gasteiger charge is -2.20. The molecule has 0 unspecified atom stereocenters. The third-order valence-corrected chi connectivity index (χ3v) is 2.31. The number of amides is 2. The number of nitrogens with one attached hydrogen (secondary N) is 3. The molecule has 19 heavy (non-hydrogen) atoms. The molecule has 0 bridgehead atoms. The number of aromatic amines is 1. The summed E-state index contributed by atoms with van der Waals surface area (Å²) in [6, 6.07) is 1.71. The molecule has 6 nitrogen and oxygen atoms in total. The Bertz CT molecular complexity index is 446. The quantitative estimate of drug-likeness (QED) is 0.743. The number of carbonyl (C=O) groups excluding carboxylic acids is 2. The second kappa shape index (κ2) is 6.36. The summed E-state index contributed by atoms with van der Waals surface area (Å²) in [4.78, 5) is 23.3. The highest BCUT2D eigenvalue weighted by atomic mass is 16.2. The van der Waals surface area contributed by atoms with Gasteiger partial charge >= 0.3 is 0 Å². The molecule has 0 aliphatic carbocycles. The predicted molar refractivity (Wildman–Crippen MR) is 72.8 cm³/mol. The Morgan fingerprint density at radius 2 is 2.05 bits per heavy atom. The molecule has 3 N–H and O–H groups in total. The number of rotatable bonds is 5. The third kappa shape index (κ3) is 5.54. The molecule has 0 radical (unpaired) electrons. The van der Waals surface area contributed by atoms with Crippen LogP contribution in [-0.2, 0) is 11.2 Å². The topological polar surface area (TPSA) is 86.9 Å². The summed E-state index contributed by atoms with van der Waals surface area (Å²) >= 11 is 0. The fraction of sp³-hybridized carbons (Fsp3) is 0.615. The number of H-pyrrole nitrogens is 1. The largest absolute Gasteiger partial charge is 0.350 e. The van der Waals surface area contributed by atoms with Crippen molar-refractivity contribution in [2.45, 2.75) is 46.1 Å². The van der Waals surface area contributed by atoms with Gasteiger partial charge in [0.05, 0.1) is 6.54 Å². The van der Waals surface area contributed by atoms with Crippen LogP contribution < -0.4 is 10.6 Å². The van der Waals surface area contributed by atoms with Crippen LogP contribution in [0.5, 0.6) is 0 Å². The monoisotopic (exact) mass is 266 g/mol. The number of aromatic nitrogens is 2. The fourth-order valence-electron chi connectivity index (χ4n) is 1.59. The lowest BCUT2D eigenvalue weighted by Crippen LogP contribution is -2.45. The average molecular weight is 266 g/mol. The Kier molecular flexibility index (Phi) is 5.09. The second-order valence-corrected chi connectivity index (χ2v) is 5.51. The van der Waals surface area contributed by atoms with E-state index in [1.54, 1.807) is 6.07 Å². The summed E-state index contributed by atoms with van der Waals surface area (Å²) < 4.78 is 0. The van der Waals surface area contributed by atoms with Crippen molar-refractivity contribution in [3.05, 3.63) is 17.5 Å². The molecule has 6 heteroatoms. The van der Waals surface area contributed by atoms with Crippen LogP contribution >= 0.6 is 0 Å². The van der Waals surface area contributed by atoms with Gasteiger partial charge in [-0.15, -0.1) is 0 Å². The first-order valence-electron chi connectivity index (χ1n) is 6.45. The van der Waals surface area contributed by atoms with Gasteiger partial charge in [-0.2, -0.15) is 5.10 Å². The molecule has 0 saturated heterocycles. The van der Waals surface area contributed by atoms with E-state index in [9.17, 15) is 9.59 Å². The summed E-state index contributed by atoms with van der Waals surface area (Å²) in [7, 11) is 0. The number of hydrogen-bond acceptors (Lipinski definition) is 3. The Balaban J connectivity index is 2.44. The standard InChI is InChI=1S/C13H22N4O2/c1-5-6-9-7-10(17-16-9)12(19)14-8-11(18)15-13(2,3)4/h7H,5-6,8H2,1-4H3,(H,14,19)(H,15,18)(H,16,17). The molecule has 1 aromatic rings. The number of aryl methyl sites for hydroxylation is 1. The van der Waals surface area contributed by atoms with Gasteiger partial charge in [0, 0.05) is 11.2 Å². The molecule has 1 heterocycles. The van der Waals surface area contributed by atoms with E-state index in [2.05, 4.69) is 27.8 Å². The van der Waals surface area contributed by atoms with Crippen molar-refractivity contribution in [3.63, 3.8) is 0 Å². The maximum Gasteiger partial charge on any atom is 0.272 e. The first-order chi connectivity index (χ1) is 8.81. The highest BCUT2D eigenvalue weighted by Gasteiger charge is 2.15. The van der Waals surface area contributed by atoms with Gasteiger partial charge in [0.2, 0.25) is 5.91 Å². The molecule has 2 amide bonds. The van der Waals surface area contributed by atoms with Gasteiger partial charge in [-0.3, -0.25) is 14.7 Å². The van der Waals surface area contributed by atoms with Gasteiger partial charge < -0.3 is 10.6 Å². The van der Waals surface area contributed by atoms with Crippen LogP contribution in [0.1, 0.15) is 50.3 Å². The van der Waals surface area contributed by atoms with E-state index in [-0.39, 0.29) is 23.9 Å². The van der Waals surface area contributed by atoms with Crippen molar-refractivity contribution in [1.82, 2.24) is 20.8 Å². The van der Waals surface area contributed by atoms with Crippen LogP contribution in [0, 0.1) is 0 Å². The third-order valence-electron chi connectivity index (χ3n) is 2.31. The zero-order valence-corrected chi connectivity index (χ0v) is 12.0. The van der Waals surface area contributed by atoms with E-state index in [1.807, 2.05) is 20.8 Å². The number of hydrogen-bond donors (Lipinski definition) is 3. The van der Waals surface area contributed by atoms with Crippen molar-refractivity contribution < 1.29 is 9.59 Å². The van der Waals surface area contributed by atoms with E-state index < -0.39 is 0 Å². The second-order valence-electron chi connectivity index (χ2n) is 5.51. The van der Waals surface area contributed by atoms with Crippen molar-refractivity contribution in [3.8, 4) is 0 Å². The number of nitrogens with zero attached hydrogens (tertiary/aromatic N) is 1. The first-order valence-corrected chi connectivity index (χ1v) is 6.45. The van der Waals surface area contributed by atoms with Crippen LogP contribution in [0.25, 0.3) is 0 Å². The highest BCUT2D eigenvalue weighted by molar-refractivity contribution is 5.94. The minimum Gasteiger partial charge on any atom is -0.350 e. The smallest absolute Gasteiger partial charge is 0.272 e. The molecular formula is C13H22N4O2. The van der Waals surface area contributed by atoms with Crippen LogP contribution in [0.3, 0.4) is 0 Å². The van der Waals surface area contributed by atoms with Gasteiger partial charge in [-0.05, 0) is 33.3 Å². The highest BCUT2D eigenvalue weighted by Crippen LogP contribution is 2.02. The molecule has 0 aliphatic rings. The Morgan fingerprint density at radius 1 is 1.37 bits per heavy atom. The molecule has 0 saturated carbocycles. The molecular weight excluding hydrogens is 244 g/mol. The Hall–Kier alpha value is -1.85. The first kappa shape index (κ1) is 15.2. The molecule has 0 atom stereocenters.